The third kappa shape index (κ3) is 3.64. The van der Waals surface area contributed by atoms with Crippen LogP contribution < -0.4 is 10.1 Å². The van der Waals surface area contributed by atoms with Gasteiger partial charge in [-0.1, -0.05) is 6.07 Å². The zero-order chi connectivity index (χ0) is 10.6. The van der Waals surface area contributed by atoms with Gasteiger partial charge in [-0.05, 0) is 33.8 Å². The van der Waals surface area contributed by atoms with Crippen molar-refractivity contribution < 1.29 is 4.74 Å². The molecule has 1 heterocycles. The van der Waals surface area contributed by atoms with Crippen LogP contribution in [0.2, 0.25) is 0 Å². The highest BCUT2D eigenvalue weighted by Crippen LogP contribution is 2.13. The number of nitrogens with one attached hydrogen (secondary N) is 1. The fourth-order valence-electron chi connectivity index (χ4n) is 1.10. The van der Waals surface area contributed by atoms with E-state index in [1.54, 1.807) is 0 Å². The molecule has 1 aromatic heterocycles. The van der Waals surface area contributed by atoms with Crippen molar-refractivity contribution in [3.05, 3.63) is 18.2 Å². The van der Waals surface area contributed by atoms with Gasteiger partial charge < -0.3 is 10.1 Å². The van der Waals surface area contributed by atoms with E-state index in [0.717, 1.165) is 5.82 Å². The summed E-state index contributed by atoms with van der Waals surface area (Å²) in [5.41, 5.74) is 0. The molecule has 0 aliphatic heterocycles. The van der Waals surface area contributed by atoms with Gasteiger partial charge in [0.25, 0.3) is 0 Å². The molecule has 0 bridgehead atoms. The molecule has 0 saturated heterocycles. The Morgan fingerprint density at radius 3 is 2.50 bits per heavy atom. The SMILES string of the molecule is CC(C)Nc1cccc(OC(C)C)n1. The summed E-state index contributed by atoms with van der Waals surface area (Å²) in [7, 11) is 0. The third-order valence-electron chi connectivity index (χ3n) is 1.52. The second-order valence-electron chi connectivity index (χ2n) is 3.83. The minimum atomic E-state index is 0.164. The van der Waals surface area contributed by atoms with Gasteiger partial charge in [-0.3, -0.25) is 0 Å². The maximum Gasteiger partial charge on any atom is 0.215 e. The van der Waals surface area contributed by atoms with Crippen molar-refractivity contribution in [2.45, 2.75) is 39.8 Å². The largest absolute Gasteiger partial charge is 0.475 e. The van der Waals surface area contributed by atoms with Crippen LogP contribution >= 0.6 is 0 Å². The Balaban J connectivity index is 2.68. The summed E-state index contributed by atoms with van der Waals surface area (Å²) in [4.78, 5) is 4.32. The van der Waals surface area contributed by atoms with E-state index in [-0.39, 0.29) is 6.10 Å². The quantitative estimate of drug-likeness (QED) is 0.800. The fraction of sp³-hybridized carbons (Fsp3) is 0.545. The van der Waals surface area contributed by atoms with Gasteiger partial charge in [0.15, 0.2) is 0 Å². The standard InChI is InChI=1S/C11H18N2O/c1-8(2)12-10-6-5-7-11(13-10)14-9(3)4/h5-9H,1-4H3,(H,12,13). The number of anilines is 1. The van der Waals surface area contributed by atoms with Crippen LogP contribution in [0.15, 0.2) is 18.2 Å². The lowest BCUT2D eigenvalue weighted by molar-refractivity contribution is 0.233. The monoisotopic (exact) mass is 194 g/mol. The van der Waals surface area contributed by atoms with E-state index in [2.05, 4.69) is 24.1 Å². The molecule has 0 spiro atoms. The molecule has 3 heteroatoms. The molecular weight excluding hydrogens is 176 g/mol. The number of rotatable bonds is 4. The Morgan fingerprint density at radius 2 is 1.93 bits per heavy atom. The van der Waals surface area contributed by atoms with Gasteiger partial charge in [0.1, 0.15) is 5.82 Å². The van der Waals surface area contributed by atoms with Crippen molar-refractivity contribution in [3.8, 4) is 5.88 Å². The van der Waals surface area contributed by atoms with Crippen molar-refractivity contribution >= 4 is 5.82 Å². The average Bonchev–Trinajstić information content (AvgIpc) is 2.01. The van der Waals surface area contributed by atoms with Crippen molar-refractivity contribution in [2.75, 3.05) is 5.32 Å². The van der Waals surface area contributed by atoms with Gasteiger partial charge in [-0.2, -0.15) is 4.98 Å². The zero-order valence-corrected chi connectivity index (χ0v) is 9.24. The van der Waals surface area contributed by atoms with Gasteiger partial charge >= 0.3 is 0 Å². The second kappa shape index (κ2) is 4.84. The molecule has 3 nitrogen and oxygen atoms in total. The van der Waals surface area contributed by atoms with Crippen molar-refractivity contribution in [3.63, 3.8) is 0 Å². The molecule has 0 amide bonds. The van der Waals surface area contributed by atoms with Crippen LogP contribution in [0.3, 0.4) is 0 Å². The van der Waals surface area contributed by atoms with E-state index in [1.165, 1.54) is 0 Å². The van der Waals surface area contributed by atoms with Crippen LogP contribution in [-0.2, 0) is 0 Å². The van der Waals surface area contributed by atoms with Crippen LogP contribution in [0, 0.1) is 0 Å². The molecule has 78 valence electrons. The van der Waals surface area contributed by atoms with Crippen molar-refractivity contribution in [1.82, 2.24) is 4.98 Å². The molecule has 1 rings (SSSR count). The predicted octanol–water partition coefficient (Wildman–Crippen LogP) is 2.69. The van der Waals surface area contributed by atoms with Gasteiger partial charge in [-0.25, -0.2) is 0 Å². The Labute approximate surface area is 85.5 Å². The van der Waals surface area contributed by atoms with E-state index in [0.29, 0.717) is 11.9 Å². The minimum Gasteiger partial charge on any atom is -0.475 e. The van der Waals surface area contributed by atoms with E-state index in [9.17, 15) is 0 Å². The minimum absolute atomic E-state index is 0.164. The number of ether oxygens (including phenoxy) is 1. The molecule has 0 radical (unpaired) electrons. The van der Waals surface area contributed by atoms with Gasteiger partial charge in [0.05, 0.1) is 6.10 Å². The number of aromatic nitrogens is 1. The van der Waals surface area contributed by atoms with Crippen LogP contribution in [0.25, 0.3) is 0 Å². The van der Waals surface area contributed by atoms with Crippen LogP contribution in [-0.4, -0.2) is 17.1 Å². The Hall–Kier alpha value is -1.25. The van der Waals surface area contributed by atoms with Crippen molar-refractivity contribution in [1.29, 1.82) is 0 Å². The first-order valence-corrected chi connectivity index (χ1v) is 4.98. The highest BCUT2D eigenvalue weighted by Gasteiger charge is 2.01. The Morgan fingerprint density at radius 1 is 1.21 bits per heavy atom. The highest BCUT2D eigenvalue weighted by molar-refractivity contribution is 5.37. The van der Waals surface area contributed by atoms with E-state index in [4.69, 9.17) is 4.74 Å². The normalized spacial score (nSPS) is 10.7. The van der Waals surface area contributed by atoms with Crippen LogP contribution in [0.1, 0.15) is 27.7 Å². The summed E-state index contributed by atoms with van der Waals surface area (Å²) in [6, 6.07) is 6.13. The van der Waals surface area contributed by atoms with Crippen LogP contribution in [0.4, 0.5) is 5.82 Å². The molecule has 0 aliphatic carbocycles. The molecule has 1 N–H and O–H groups in total. The van der Waals surface area contributed by atoms with E-state index < -0.39 is 0 Å². The first-order chi connectivity index (χ1) is 6.58. The summed E-state index contributed by atoms with van der Waals surface area (Å²) in [5.74, 6) is 1.53. The Kier molecular flexibility index (Phi) is 3.74. The summed E-state index contributed by atoms with van der Waals surface area (Å²) in [6.45, 7) is 8.14. The molecule has 14 heavy (non-hydrogen) atoms. The lowest BCUT2D eigenvalue weighted by Gasteiger charge is -2.12. The summed E-state index contributed by atoms with van der Waals surface area (Å²) < 4.78 is 5.49. The Bertz CT molecular complexity index is 259. The lowest BCUT2D eigenvalue weighted by atomic mass is 10.3. The average molecular weight is 194 g/mol. The van der Waals surface area contributed by atoms with Gasteiger partial charge in [-0.15, -0.1) is 0 Å². The predicted molar refractivity (Wildman–Crippen MR) is 58.8 cm³/mol. The molecule has 0 aliphatic rings. The number of pyridine rings is 1. The highest BCUT2D eigenvalue weighted by atomic mass is 16.5. The molecule has 0 aromatic carbocycles. The molecule has 0 atom stereocenters. The van der Waals surface area contributed by atoms with Gasteiger partial charge in [0, 0.05) is 12.1 Å². The lowest BCUT2D eigenvalue weighted by Crippen LogP contribution is -2.12. The smallest absolute Gasteiger partial charge is 0.215 e. The molecule has 0 saturated carbocycles. The fourth-order valence-corrected chi connectivity index (χ4v) is 1.10. The van der Waals surface area contributed by atoms with E-state index in [1.807, 2.05) is 32.0 Å². The van der Waals surface area contributed by atoms with Crippen molar-refractivity contribution in [2.24, 2.45) is 0 Å². The topological polar surface area (TPSA) is 34.1 Å². The van der Waals surface area contributed by atoms with E-state index >= 15 is 0 Å². The maximum atomic E-state index is 5.49. The molecule has 1 aromatic rings. The first-order valence-electron chi connectivity index (χ1n) is 4.98. The first kappa shape index (κ1) is 10.8. The maximum absolute atomic E-state index is 5.49. The summed E-state index contributed by atoms with van der Waals surface area (Å²) >= 11 is 0. The number of hydrogen-bond donors (Lipinski definition) is 1. The number of hydrogen-bond acceptors (Lipinski definition) is 3. The molecule has 0 unspecified atom stereocenters. The summed E-state index contributed by atoms with van der Waals surface area (Å²) in [6.07, 6.45) is 0.164. The van der Waals surface area contributed by atoms with Gasteiger partial charge in [0.2, 0.25) is 5.88 Å². The third-order valence-corrected chi connectivity index (χ3v) is 1.52. The van der Waals surface area contributed by atoms with Crippen LogP contribution in [0.5, 0.6) is 5.88 Å². The second-order valence-corrected chi connectivity index (χ2v) is 3.83. The summed E-state index contributed by atoms with van der Waals surface area (Å²) in [5, 5.41) is 3.23. The molecule has 0 fully saturated rings. The molecular formula is C11H18N2O. The zero-order valence-electron chi connectivity index (χ0n) is 9.24. The number of nitrogens with zero attached hydrogens (tertiary/aromatic N) is 1.